The zero-order valence-electron chi connectivity index (χ0n) is 24.8. The van der Waals surface area contributed by atoms with Crippen molar-refractivity contribution in [1.29, 1.82) is 0 Å². The van der Waals surface area contributed by atoms with E-state index in [1.807, 2.05) is 36.0 Å². The average molecular weight is 617 g/mol. The van der Waals surface area contributed by atoms with Gasteiger partial charge in [-0.05, 0) is 61.2 Å². The molecule has 0 amide bonds. The van der Waals surface area contributed by atoms with Gasteiger partial charge < -0.3 is 9.84 Å². The number of benzene rings is 2. The predicted molar refractivity (Wildman–Crippen MR) is 160 cm³/mol. The van der Waals surface area contributed by atoms with Crippen molar-refractivity contribution < 1.29 is 27.8 Å². The van der Waals surface area contributed by atoms with Gasteiger partial charge in [0.2, 0.25) is 0 Å². The smallest absolute Gasteiger partial charge is 0.434 e. The highest BCUT2D eigenvalue weighted by Crippen LogP contribution is 2.35. The van der Waals surface area contributed by atoms with Gasteiger partial charge in [-0.3, -0.25) is 9.58 Å². The second-order valence-electron chi connectivity index (χ2n) is 11.1. The summed E-state index contributed by atoms with van der Waals surface area (Å²) in [6, 6.07) is 16.5. The molecule has 0 atom stereocenters. The van der Waals surface area contributed by atoms with Gasteiger partial charge in [0.25, 0.3) is 0 Å². The summed E-state index contributed by atoms with van der Waals surface area (Å²) in [7, 11) is 0. The lowest BCUT2D eigenvalue weighted by Crippen LogP contribution is -2.30. The number of aromatic carboxylic acids is 1. The van der Waals surface area contributed by atoms with Gasteiger partial charge in [0.1, 0.15) is 17.9 Å². The highest BCUT2D eigenvalue weighted by molar-refractivity contribution is 5.89. The Balaban J connectivity index is 1.20. The summed E-state index contributed by atoms with van der Waals surface area (Å²) in [5, 5.41) is 17.4. The largest absolute Gasteiger partial charge is 0.488 e. The van der Waals surface area contributed by atoms with Gasteiger partial charge in [-0.15, -0.1) is 0 Å². The maximum absolute atomic E-state index is 13.8. The lowest BCUT2D eigenvalue weighted by Gasteiger charge is -2.28. The van der Waals surface area contributed by atoms with Crippen LogP contribution in [0.2, 0.25) is 0 Å². The summed E-state index contributed by atoms with van der Waals surface area (Å²) in [5.74, 6) is -1.37. The van der Waals surface area contributed by atoms with Gasteiger partial charge in [0.15, 0.2) is 11.5 Å². The standard InChI is InChI=1S/C33H31F3N6O3/c1-3-41-18-23(15-37-41)17-40-12-11-24-14-22(8-9-25(24)19-40)20-45-29-10-7-21(2)13-26(29)28-5-4-6-30(39-28)42-31(33(34,35)36)27(16-38-42)32(43)44/h4-10,13-16,18H,3,11-12,17,19-20H2,1-2H3,(H,43,44). The molecule has 0 saturated carbocycles. The Labute approximate surface area is 257 Å². The van der Waals surface area contributed by atoms with Gasteiger partial charge in [0.05, 0.1) is 18.1 Å². The third kappa shape index (κ3) is 6.46. The lowest BCUT2D eigenvalue weighted by molar-refractivity contribution is -0.143. The Hall–Kier alpha value is -4.97. The van der Waals surface area contributed by atoms with E-state index < -0.39 is 23.4 Å². The third-order valence-corrected chi connectivity index (χ3v) is 7.80. The normalized spacial score (nSPS) is 13.5. The van der Waals surface area contributed by atoms with Crippen molar-refractivity contribution in [3.8, 4) is 22.8 Å². The fraction of sp³-hybridized carbons (Fsp3) is 0.273. The van der Waals surface area contributed by atoms with E-state index in [1.54, 1.807) is 12.1 Å². The Bertz CT molecular complexity index is 1860. The molecule has 45 heavy (non-hydrogen) atoms. The SMILES string of the molecule is CCn1cc(CN2CCc3cc(COc4ccc(C)cc4-c4cccc(-n5ncc(C(=O)O)c5C(F)(F)F)n4)ccc3C2)cn1. The number of aryl methyl sites for hydroxylation is 2. The van der Waals surface area contributed by atoms with Crippen molar-refractivity contribution in [3.05, 3.63) is 112 Å². The second-order valence-corrected chi connectivity index (χ2v) is 11.1. The molecule has 0 bridgehead atoms. The van der Waals surface area contributed by atoms with Crippen LogP contribution in [-0.4, -0.2) is 47.1 Å². The van der Waals surface area contributed by atoms with Crippen LogP contribution in [0.15, 0.2) is 73.2 Å². The Kier molecular flexibility index (Phi) is 8.15. The Morgan fingerprint density at radius 2 is 1.87 bits per heavy atom. The summed E-state index contributed by atoms with van der Waals surface area (Å²) in [5.41, 5.74) is 4.30. The number of carbonyl (C=O) groups is 1. The van der Waals surface area contributed by atoms with Crippen LogP contribution in [-0.2, 0) is 38.8 Å². The van der Waals surface area contributed by atoms with Crippen molar-refractivity contribution in [2.24, 2.45) is 0 Å². The van der Waals surface area contributed by atoms with Crippen molar-refractivity contribution in [3.63, 3.8) is 0 Å². The first-order valence-corrected chi connectivity index (χ1v) is 14.5. The first kappa shape index (κ1) is 30.1. The average Bonchev–Trinajstić information content (AvgIpc) is 3.68. The topological polar surface area (TPSA) is 98.3 Å². The number of hydrogen-bond donors (Lipinski definition) is 1. The van der Waals surface area contributed by atoms with Crippen LogP contribution < -0.4 is 4.74 Å². The first-order chi connectivity index (χ1) is 21.6. The van der Waals surface area contributed by atoms with E-state index in [0.29, 0.717) is 34.5 Å². The molecular formula is C33H31F3N6O3. The number of pyridine rings is 1. The highest BCUT2D eigenvalue weighted by atomic mass is 19.4. The quantitative estimate of drug-likeness (QED) is 0.207. The van der Waals surface area contributed by atoms with E-state index in [-0.39, 0.29) is 5.82 Å². The minimum absolute atomic E-state index is 0.164. The third-order valence-electron chi connectivity index (χ3n) is 7.80. The van der Waals surface area contributed by atoms with Crippen molar-refractivity contribution in [1.82, 2.24) is 29.4 Å². The molecule has 2 aromatic carbocycles. The number of fused-ring (bicyclic) bond motifs is 1. The van der Waals surface area contributed by atoms with E-state index in [4.69, 9.17) is 4.74 Å². The van der Waals surface area contributed by atoms with Gasteiger partial charge in [-0.2, -0.15) is 23.4 Å². The molecule has 5 aromatic rings. The zero-order chi connectivity index (χ0) is 31.7. The van der Waals surface area contributed by atoms with E-state index in [9.17, 15) is 23.1 Å². The van der Waals surface area contributed by atoms with Gasteiger partial charge >= 0.3 is 12.1 Å². The van der Waals surface area contributed by atoms with Crippen molar-refractivity contribution in [2.75, 3.05) is 6.54 Å². The number of alkyl halides is 3. The molecule has 232 valence electrons. The lowest BCUT2D eigenvalue weighted by atomic mass is 9.97. The van der Waals surface area contributed by atoms with Gasteiger partial charge in [-0.1, -0.05) is 35.9 Å². The maximum atomic E-state index is 13.8. The van der Waals surface area contributed by atoms with Crippen LogP contribution in [0.1, 0.15) is 50.8 Å². The number of halogens is 3. The van der Waals surface area contributed by atoms with Crippen LogP contribution in [0.25, 0.3) is 17.1 Å². The molecule has 1 aliphatic heterocycles. The monoisotopic (exact) mass is 616 g/mol. The number of rotatable bonds is 9. The molecular weight excluding hydrogens is 585 g/mol. The molecule has 0 radical (unpaired) electrons. The number of ether oxygens (including phenoxy) is 1. The molecule has 0 fully saturated rings. The summed E-state index contributed by atoms with van der Waals surface area (Å²) in [6.07, 6.45) is 0.670. The number of carboxylic acids is 1. The van der Waals surface area contributed by atoms with E-state index >= 15 is 0 Å². The second kappa shape index (κ2) is 12.2. The van der Waals surface area contributed by atoms with Gasteiger partial charge in [-0.25, -0.2) is 14.5 Å². The highest BCUT2D eigenvalue weighted by Gasteiger charge is 2.41. The summed E-state index contributed by atoms with van der Waals surface area (Å²) in [4.78, 5) is 18.3. The number of aromatic nitrogens is 5. The van der Waals surface area contributed by atoms with Crippen molar-refractivity contribution in [2.45, 2.75) is 52.7 Å². The van der Waals surface area contributed by atoms with E-state index in [0.717, 1.165) is 43.7 Å². The number of nitrogens with zero attached hydrogens (tertiary/aromatic N) is 6. The van der Waals surface area contributed by atoms with Crippen LogP contribution in [0.4, 0.5) is 13.2 Å². The fourth-order valence-corrected chi connectivity index (χ4v) is 5.58. The van der Waals surface area contributed by atoms with Crippen molar-refractivity contribution >= 4 is 5.97 Å². The zero-order valence-corrected chi connectivity index (χ0v) is 24.8. The Morgan fingerprint density at radius 3 is 2.62 bits per heavy atom. The molecule has 9 nitrogen and oxygen atoms in total. The molecule has 6 rings (SSSR count). The minimum atomic E-state index is -4.95. The van der Waals surface area contributed by atoms with Crippen LogP contribution >= 0.6 is 0 Å². The molecule has 1 N–H and O–H groups in total. The molecule has 12 heteroatoms. The first-order valence-electron chi connectivity index (χ1n) is 14.5. The summed E-state index contributed by atoms with van der Waals surface area (Å²) < 4.78 is 50.2. The van der Waals surface area contributed by atoms with Crippen LogP contribution in [0, 0.1) is 6.92 Å². The summed E-state index contributed by atoms with van der Waals surface area (Å²) in [6.45, 7) is 7.77. The minimum Gasteiger partial charge on any atom is -0.488 e. The number of hydrogen-bond acceptors (Lipinski definition) is 6. The molecule has 0 unspecified atom stereocenters. The van der Waals surface area contributed by atoms with Crippen LogP contribution in [0.3, 0.4) is 0 Å². The van der Waals surface area contributed by atoms with E-state index in [1.165, 1.54) is 22.8 Å². The van der Waals surface area contributed by atoms with Gasteiger partial charge in [0, 0.05) is 43.5 Å². The summed E-state index contributed by atoms with van der Waals surface area (Å²) >= 11 is 0. The molecule has 3 aromatic heterocycles. The molecule has 4 heterocycles. The Morgan fingerprint density at radius 1 is 1.02 bits per heavy atom. The van der Waals surface area contributed by atoms with Crippen LogP contribution in [0.5, 0.6) is 5.75 Å². The molecule has 0 aliphatic carbocycles. The molecule has 0 spiro atoms. The van der Waals surface area contributed by atoms with E-state index in [2.05, 4.69) is 51.4 Å². The fourth-order valence-electron chi connectivity index (χ4n) is 5.58. The molecule has 1 aliphatic rings. The number of carboxylic acid groups (broad SMARTS) is 1. The maximum Gasteiger partial charge on any atom is 0.434 e. The molecule has 0 saturated heterocycles. The predicted octanol–water partition coefficient (Wildman–Crippen LogP) is 6.31.